The first-order valence-corrected chi connectivity index (χ1v) is 7.17. The first-order valence-electron chi connectivity index (χ1n) is 6.79. The van der Waals surface area contributed by atoms with Crippen molar-refractivity contribution in [2.24, 2.45) is 0 Å². The summed E-state index contributed by atoms with van der Waals surface area (Å²) in [6.45, 7) is 1.31. The van der Waals surface area contributed by atoms with Gasteiger partial charge in [-0.2, -0.15) is 0 Å². The molecule has 1 aliphatic heterocycles. The van der Waals surface area contributed by atoms with E-state index < -0.39 is 5.60 Å². The number of benzene rings is 1. The molecule has 110 valence electrons. The minimum Gasteiger partial charge on any atom is -0.385 e. The third kappa shape index (κ3) is 2.99. The van der Waals surface area contributed by atoms with Gasteiger partial charge in [0.25, 0.3) is 0 Å². The van der Waals surface area contributed by atoms with Gasteiger partial charge in [-0.3, -0.25) is 0 Å². The van der Waals surface area contributed by atoms with Crippen LogP contribution in [0.15, 0.2) is 36.5 Å². The summed E-state index contributed by atoms with van der Waals surface area (Å²) in [6, 6.07) is 7.85. The molecule has 6 heteroatoms. The Morgan fingerprint density at radius 1 is 1.14 bits per heavy atom. The Bertz CT molecular complexity index is 627. The molecule has 1 saturated heterocycles. The molecule has 0 atom stereocenters. The molecule has 0 bridgehead atoms. The number of aromatic nitrogens is 2. The van der Waals surface area contributed by atoms with Crippen molar-refractivity contribution in [3.05, 3.63) is 53.2 Å². The molecule has 1 N–H and O–H groups in total. The second-order valence-electron chi connectivity index (χ2n) is 5.21. The van der Waals surface area contributed by atoms with Crippen molar-refractivity contribution in [3.63, 3.8) is 0 Å². The Balaban J connectivity index is 1.73. The zero-order valence-corrected chi connectivity index (χ0v) is 12.1. The molecule has 21 heavy (non-hydrogen) atoms. The van der Waals surface area contributed by atoms with Gasteiger partial charge in [0, 0.05) is 19.3 Å². The normalized spacial score (nSPS) is 17.8. The molecule has 1 aromatic heterocycles. The molecule has 1 aromatic carbocycles. The van der Waals surface area contributed by atoms with E-state index in [4.69, 9.17) is 11.6 Å². The fourth-order valence-corrected chi connectivity index (χ4v) is 2.80. The van der Waals surface area contributed by atoms with Crippen molar-refractivity contribution >= 4 is 17.4 Å². The summed E-state index contributed by atoms with van der Waals surface area (Å²) < 4.78 is 13.0. The lowest BCUT2D eigenvalue weighted by Gasteiger charge is -2.39. The van der Waals surface area contributed by atoms with Crippen LogP contribution in [0.2, 0.25) is 5.28 Å². The quantitative estimate of drug-likeness (QED) is 0.867. The number of piperidine rings is 1. The maximum atomic E-state index is 13.0. The Morgan fingerprint density at radius 3 is 2.43 bits per heavy atom. The van der Waals surface area contributed by atoms with Crippen molar-refractivity contribution in [2.45, 2.75) is 18.4 Å². The van der Waals surface area contributed by atoms with Crippen LogP contribution in [0.25, 0.3) is 0 Å². The topological polar surface area (TPSA) is 49.2 Å². The average Bonchev–Trinajstić information content (AvgIpc) is 2.48. The van der Waals surface area contributed by atoms with Crippen LogP contribution in [-0.4, -0.2) is 28.2 Å². The highest BCUT2D eigenvalue weighted by Gasteiger charge is 2.34. The molecule has 2 aromatic rings. The zero-order valence-electron chi connectivity index (χ0n) is 11.3. The van der Waals surface area contributed by atoms with Crippen LogP contribution in [0.3, 0.4) is 0 Å². The fourth-order valence-electron chi connectivity index (χ4n) is 2.66. The molecule has 0 spiro atoms. The number of hydrogen-bond donors (Lipinski definition) is 1. The van der Waals surface area contributed by atoms with Gasteiger partial charge in [0.2, 0.25) is 5.28 Å². The van der Waals surface area contributed by atoms with Crippen molar-refractivity contribution in [3.8, 4) is 0 Å². The smallest absolute Gasteiger partial charge is 0.224 e. The fraction of sp³-hybridized carbons (Fsp3) is 0.333. The van der Waals surface area contributed by atoms with Gasteiger partial charge in [0.15, 0.2) is 0 Å². The second-order valence-corrected chi connectivity index (χ2v) is 5.55. The van der Waals surface area contributed by atoms with Gasteiger partial charge < -0.3 is 10.0 Å². The predicted molar refractivity (Wildman–Crippen MR) is 78.8 cm³/mol. The highest BCUT2D eigenvalue weighted by atomic mass is 35.5. The number of anilines is 1. The van der Waals surface area contributed by atoms with Crippen LogP contribution in [0.5, 0.6) is 0 Å². The molecule has 0 amide bonds. The van der Waals surface area contributed by atoms with E-state index in [-0.39, 0.29) is 11.1 Å². The maximum Gasteiger partial charge on any atom is 0.224 e. The molecular formula is C15H15ClFN3O. The van der Waals surface area contributed by atoms with E-state index >= 15 is 0 Å². The van der Waals surface area contributed by atoms with Crippen molar-refractivity contribution < 1.29 is 9.50 Å². The van der Waals surface area contributed by atoms with Crippen LogP contribution >= 0.6 is 11.6 Å². The summed E-state index contributed by atoms with van der Waals surface area (Å²) >= 11 is 5.80. The summed E-state index contributed by atoms with van der Waals surface area (Å²) in [5.74, 6) is 0.464. The molecule has 3 rings (SSSR count). The molecule has 1 aliphatic rings. The summed E-state index contributed by atoms with van der Waals surface area (Å²) in [5.41, 5.74) is -0.162. The predicted octanol–water partition coefficient (Wildman–Crippen LogP) is 2.76. The van der Waals surface area contributed by atoms with Crippen molar-refractivity contribution in [1.82, 2.24) is 9.97 Å². The van der Waals surface area contributed by atoms with Crippen LogP contribution in [-0.2, 0) is 5.60 Å². The van der Waals surface area contributed by atoms with Gasteiger partial charge in [-0.15, -0.1) is 0 Å². The molecule has 0 aliphatic carbocycles. The van der Waals surface area contributed by atoms with E-state index in [1.165, 1.54) is 12.1 Å². The molecule has 0 unspecified atom stereocenters. The SMILES string of the molecule is OC1(c2ccc(F)cc2)CCN(c2ccnc(Cl)n2)CC1. The first-order chi connectivity index (χ1) is 10.1. The first kappa shape index (κ1) is 14.2. The summed E-state index contributed by atoms with van der Waals surface area (Å²) in [7, 11) is 0. The van der Waals surface area contributed by atoms with E-state index in [0.717, 1.165) is 11.4 Å². The standard InChI is InChI=1S/C15H15ClFN3O/c16-14-18-8-5-13(19-14)20-9-6-15(21,7-10-20)11-1-3-12(17)4-2-11/h1-5,8,21H,6-7,9-10H2. The lowest BCUT2D eigenvalue weighted by Crippen LogP contribution is -2.43. The van der Waals surface area contributed by atoms with Crippen LogP contribution < -0.4 is 4.90 Å². The number of nitrogens with zero attached hydrogens (tertiary/aromatic N) is 3. The van der Waals surface area contributed by atoms with E-state index in [1.807, 2.05) is 0 Å². The molecule has 2 heterocycles. The summed E-state index contributed by atoms with van der Waals surface area (Å²) in [5, 5.41) is 11.0. The number of hydrogen-bond acceptors (Lipinski definition) is 4. The van der Waals surface area contributed by atoms with Gasteiger partial charge in [0.05, 0.1) is 5.60 Å². The second kappa shape index (κ2) is 5.58. The summed E-state index contributed by atoms with van der Waals surface area (Å²) in [6.07, 6.45) is 2.73. The summed E-state index contributed by atoms with van der Waals surface area (Å²) in [4.78, 5) is 10.1. The van der Waals surface area contributed by atoms with Crippen molar-refractivity contribution in [1.29, 1.82) is 0 Å². The number of halogens is 2. The van der Waals surface area contributed by atoms with Gasteiger partial charge in [-0.1, -0.05) is 12.1 Å². The van der Waals surface area contributed by atoms with Crippen LogP contribution in [0, 0.1) is 5.82 Å². The molecule has 4 nitrogen and oxygen atoms in total. The average molecular weight is 308 g/mol. The Labute approximate surface area is 127 Å². The maximum absolute atomic E-state index is 13.0. The van der Waals surface area contributed by atoms with Gasteiger partial charge >= 0.3 is 0 Å². The molecule has 1 fully saturated rings. The zero-order chi connectivity index (χ0) is 14.9. The van der Waals surface area contributed by atoms with Crippen LogP contribution in [0.4, 0.5) is 10.2 Å². The minimum atomic E-state index is -0.916. The van der Waals surface area contributed by atoms with Gasteiger partial charge in [-0.25, -0.2) is 14.4 Å². The largest absolute Gasteiger partial charge is 0.385 e. The van der Waals surface area contributed by atoms with E-state index in [0.29, 0.717) is 25.9 Å². The van der Waals surface area contributed by atoms with Crippen molar-refractivity contribution in [2.75, 3.05) is 18.0 Å². The van der Waals surface area contributed by atoms with Gasteiger partial charge in [0.1, 0.15) is 11.6 Å². The number of aliphatic hydroxyl groups is 1. The Morgan fingerprint density at radius 2 is 1.81 bits per heavy atom. The van der Waals surface area contributed by atoms with E-state index in [2.05, 4.69) is 14.9 Å². The number of rotatable bonds is 2. The van der Waals surface area contributed by atoms with E-state index in [1.54, 1.807) is 24.4 Å². The highest BCUT2D eigenvalue weighted by Crippen LogP contribution is 2.34. The molecular weight excluding hydrogens is 293 g/mol. The molecule has 0 radical (unpaired) electrons. The van der Waals surface area contributed by atoms with Crippen LogP contribution in [0.1, 0.15) is 18.4 Å². The molecule has 0 saturated carbocycles. The highest BCUT2D eigenvalue weighted by molar-refractivity contribution is 6.28. The lowest BCUT2D eigenvalue weighted by molar-refractivity contribution is 0.0116. The third-order valence-corrected chi connectivity index (χ3v) is 4.09. The lowest BCUT2D eigenvalue weighted by atomic mass is 9.84. The Kier molecular flexibility index (Phi) is 3.78. The Hall–Kier alpha value is -1.72. The third-order valence-electron chi connectivity index (χ3n) is 3.91. The monoisotopic (exact) mass is 307 g/mol. The van der Waals surface area contributed by atoms with E-state index in [9.17, 15) is 9.50 Å². The van der Waals surface area contributed by atoms with Gasteiger partial charge in [-0.05, 0) is 48.2 Å². The minimum absolute atomic E-state index is 0.215.